The maximum absolute atomic E-state index is 6.42. The van der Waals surface area contributed by atoms with Crippen molar-refractivity contribution >= 4 is 32.5 Å². The molecule has 3 N–H and O–H groups in total. The van der Waals surface area contributed by atoms with E-state index in [0.717, 1.165) is 27.8 Å². The van der Waals surface area contributed by atoms with E-state index in [0.29, 0.717) is 0 Å². The van der Waals surface area contributed by atoms with Crippen molar-refractivity contribution < 1.29 is 4.74 Å². The number of benzene rings is 2. The topological polar surface area (TPSA) is 51.0 Å². The molecule has 0 atom stereocenters. The van der Waals surface area contributed by atoms with Crippen molar-refractivity contribution in [1.82, 2.24) is 4.98 Å². The Morgan fingerprint density at radius 1 is 1.22 bits per heavy atom. The molecule has 1 aliphatic rings. The first-order chi connectivity index (χ1) is 10.9. The standard InChI is InChI=1S/C19H19BrN2O/c1-19(2)16-10(4-7-15(23-3)17(16)21)8-13-12-6-5-11(20)9-14(12)22-18(13)19/h4-7,9,22H,8,21H2,1-3H3. The molecule has 3 aromatic rings. The number of fused-ring (bicyclic) bond motifs is 4. The predicted molar refractivity (Wildman–Crippen MR) is 98.3 cm³/mol. The lowest BCUT2D eigenvalue weighted by molar-refractivity contribution is 0.415. The molecule has 118 valence electrons. The minimum Gasteiger partial charge on any atom is -0.495 e. The zero-order chi connectivity index (χ0) is 16.4. The molecule has 0 saturated carbocycles. The van der Waals surface area contributed by atoms with Crippen LogP contribution in [0.25, 0.3) is 10.9 Å². The largest absolute Gasteiger partial charge is 0.495 e. The molecule has 0 radical (unpaired) electrons. The number of aromatic amines is 1. The SMILES string of the molecule is COc1ccc2c(c1N)C(C)(C)c1[nH]c3cc(Br)ccc3c1C2. The maximum atomic E-state index is 6.42. The number of hydrogen-bond acceptors (Lipinski definition) is 2. The smallest absolute Gasteiger partial charge is 0.142 e. The van der Waals surface area contributed by atoms with Gasteiger partial charge in [0.25, 0.3) is 0 Å². The van der Waals surface area contributed by atoms with Crippen molar-refractivity contribution in [3.05, 3.63) is 57.2 Å². The summed E-state index contributed by atoms with van der Waals surface area (Å²) in [5.74, 6) is 0.749. The highest BCUT2D eigenvalue weighted by Crippen LogP contribution is 2.48. The average molecular weight is 371 g/mol. The number of hydrogen-bond donors (Lipinski definition) is 2. The maximum Gasteiger partial charge on any atom is 0.142 e. The molecular weight excluding hydrogens is 352 g/mol. The molecular formula is C19H19BrN2O. The number of halogens is 1. The van der Waals surface area contributed by atoms with Gasteiger partial charge in [0.05, 0.1) is 12.8 Å². The first kappa shape index (κ1) is 14.6. The number of nitrogens with two attached hydrogens (primary N) is 1. The van der Waals surface area contributed by atoms with Gasteiger partial charge in [-0.25, -0.2) is 0 Å². The number of nitrogen functional groups attached to an aromatic ring is 1. The number of rotatable bonds is 1. The lowest BCUT2D eigenvalue weighted by Crippen LogP contribution is -2.28. The second-order valence-electron chi connectivity index (χ2n) is 6.69. The lowest BCUT2D eigenvalue weighted by atomic mass is 9.71. The summed E-state index contributed by atoms with van der Waals surface area (Å²) in [6, 6.07) is 10.5. The fraction of sp³-hybridized carbons (Fsp3) is 0.263. The molecule has 4 rings (SSSR count). The summed E-state index contributed by atoms with van der Waals surface area (Å²) in [6.45, 7) is 4.45. The monoisotopic (exact) mass is 370 g/mol. The molecule has 2 aromatic carbocycles. The summed E-state index contributed by atoms with van der Waals surface area (Å²) in [4.78, 5) is 3.63. The normalized spacial score (nSPS) is 15.3. The fourth-order valence-corrected chi connectivity index (χ4v) is 4.33. The van der Waals surface area contributed by atoms with Crippen LogP contribution in [0.1, 0.15) is 36.2 Å². The van der Waals surface area contributed by atoms with Crippen LogP contribution in [-0.2, 0) is 11.8 Å². The molecule has 1 aromatic heterocycles. The third kappa shape index (κ3) is 1.94. The quantitative estimate of drug-likeness (QED) is 0.607. The van der Waals surface area contributed by atoms with Gasteiger partial charge in [0.15, 0.2) is 0 Å². The van der Waals surface area contributed by atoms with Gasteiger partial charge in [0.1, 0.15) is 5.75 Å². The Labute approximate surface area is 144 Å². The zero-order valence-corrected chi connectivity index (χ0v) is 15.0. The zero-order valence-electron chi connectivity index (χ0n) is 13.5. The van der Waals surface area contributed by atoms with Crippen LogP contribution in [0.2, 0.25) is 0 Å². The van der Waals surface area contributed by atoms with E-state index in [-0.39, 0.29) is 5.41 Å². The Hall–Kier alpha value is -1.94. The average Bonchev–Trinajstić information content (AvgIpc) is 2.86. The van der Waals surface area contributed by atoms with Crippen molar-refractivity contribution in [2.45, 2.75) is 25.7 Å². The minimum atomic E-state index is -0.187. The molecule has 0 aliphatic heterocycles. The third-order valence-corrected chi connectivity index (χ3v) is 5.49. The lowest BCUT2D eigenvalue weighted by Gasteiger charge is -2.34. The summed E-state index contributed by atoms with van der Waals surface area (Å²) >= 11 is 3.56. The van der Waals surface area contributed by atoms with Crippen molar-refractivity contribution in [3.63, 3.8) is 0 Å². The Bertz CT molecular complexity index is 940. The van der Waals surface area contributed by atoms with Gasteiger partial charge in [-0.1, -0.05) is 41.9 Å². The number of methoxy groups -OCH3 is 1. The van der Waals surface area contributed by atoms with E-state index < -0.39 is 0 Å². The highest BCUT2D eigenvalue weighted by molar-refractivity contribution is 9.10. The van der Waals surface area contributed by atoms with E-state index in [9.17, 15) is 0 Å². The van der Waals surface area contributed by atoms with E-state index >= 15 is 0 Å². The molecule has 0 spiro atoms. The Kier molecular flexibility index (Phi) is 3.04. The van der Waals surface area contributed by atoms with Crippen LogP contribution < -0.4 is 10.5 Å². The fourth-order valence-electron chi connectivity index (χ4n) is 3.97. The third-order valence-electron chi connectivity index (χ3n) is 5.00. The van der Waals surface area contributed by atoms with Gasteiger partial charge in [-0.2, -0.15) is 0 Å². The van der Waals surface area contributed by atoms with Crippen LogP contribution in [0.3, 0.4) is 0 Å². The molecule has 0 fully saturated rings. The van der Waals surface area contributed by atoms with E-state index in [2.05, 4.69) is 59.0 Å². The molecule has 0 amide bonds. The number of anilines is 1. The van der Waals surface area contributed by atoms with Crippen LogP contribution in [0.4, 0.5) is 5.69 Å². The van der Waals surface area contributed by atoms with E-state index in [1.807, 2.05) is 6.07 Å². The number of H-pyrrole nitrogens is 1. The van der Waals surface area contributed by atoms with Crippen LogP contribution in [0.15, 0.2) is 34.8 Å². The Balaban J connectivity index is 2.03. The first-order valence-corrected chi connectivity index (χ1v) is 8.49. The molecule has 3 nitrogen and oxygen atoms in total. The molecule has 0 bridgehead atoms. The van der Waals surface area contributed by atoms with Crippen LogP contribution in [-0.4, -0.2) is 12.1 Å². The highest BCUT2D eigenvalue weighted by Gasteiger charge is 2.37. The Morgan fingerprint density at radius 3 is 2.74 bits per heavy atom. The molecule has 0 unspecified atom stereocenters. The van der Waals surface area contributed by atoms with E-state index in [1.54, 1.807) is 7.11 Å². The van der Waals surface area contributed by atoms with Crippen molar-refractivity contribution in [1.29, 1.82) is 0 Å². The van der Waals surface area contributed by atoms with Gasteiger partial charge >= 0.3 is 0 Å². The van der Waals surface area contributed by atoms with E-state index in [1.165, 1.54) is 27.8 Å². The molecule has 0 saturated heterocycles. The molecule has 1 aliphatic carbocycles. The summed E-state index contributed by atoms with van der Waals surface area (Å²) < 4.78 is 6.51. The summed E-state index contributed by atoms with van der Waals surface area (Å²) in [7, 11) is 1.67. The van der Waals surface area contributed by atoms with Gasteiger partial charge in [-0.05, 0) is 34.9 Å². The molecule has 4 heteroatoms. The van der Waals surface area contributed by atoms with Crippen LogP contribution >= 0.6 is 15.9 Å². The second-order valence-corrected chi connectivity index (χ2v) is 7.60. The molecule has 23 heavy (non-hydrogen) atoms. The first-order valence-electron chi connectivity index (χ1n) is 7.70. The summed E-state index contributed by atoms with van der Waals surface area (Å²) in [6.07, 6.45) is 0.893. The number of ether oxygens (including phenoxy) is 1. The van der Waals surface area contributed by atoms with Gasteiger partial charge < -0.3 is 15.5 Å². The van der Waals surface area contributed by atoms with Gasteiger partial charge in [0, 0.05) is 32.9 Å². The molecule has 1 heterocycles. The second kappa shape index (κ2) is 4.78. The van der Waals surface area contributed by atoms with Gasteiger partial charge in [-0.15, -0.1) is 0 Å². The number of aromatic nitrogens is 1. The minimum absolute atomic E-state index is 0.187. The highest BCUT2D eigenvalue weighted by atomic mass is 79.9. The van der Waals surface area contributed by atoms with E-state index in [4.69, 9.17) is 10.5 Å². The predicted octanol–water partition coefficient (Wildman–Crippen LogP) is 4.75. The Morgan fingerprint density at radius 2 is 2.00 bits per heavy atom. The number of nitrogens with one attached hydrogen (secondary N) is 1. The van der Waals surface area contributed by atoms with Crippen LogP contribution in [0.5, 0.6) is 5.75 Å². The van der Waals surface area contributed by atoms with Gasteiger partial charge in [-0.3, -0.25) is 0 Å². The summed E-state index contributed by atoms with van der Waals surface area (Å²) in [5, 5.41) is 1.29. The summed E-state index contributed by atoms with van der Waals surface area (Å²) in [5.41, 5.74) is 13.2. The van der Waals surface area contributed by atoms with Crippen molar-refractivity contribution in [3.8, 4) is 5.75 Å². The van der Waals surface area contributed by atoms with Crippen LogP contribution in [0, 0.1) is 0 Å². The van der Waals surface area contributed by atoms with Crippen molar-refractivity contribution in [2.24, 2.45) is 0 Å². The van der Waals surface area contributed by atoms with Gasteiger partial charge in [0.2, 0.25) is 0 Å². The van der Waals surface area contributed by atoms with Crippen molar-refractivity contribution in [2.75, 3.05) is 12.8 Å².